The number of nitrogens with two attached hydrogens (primary N) is 1. The minimum atomic E-state index is 0.260. The van der Waals surface area contributed by atoms with E-state index in [2.05, 4.69) is 33.8 Å². The second kappa shape index (κ2) is 4.94. The van der Waals surface area contributed by atoms with E-state index in [4.69, 9.17) is 5.73 Å². The first kappa shape index (κ1) is 11.5. The van der Waals surface area contributed by atoms with Crippen LogP contribution in [0.25, 0.3) is 11.3 Å². The summed E-state index contributed by atoms with van der Waals surface area (Å²) in [6.45, 7) is 0. The Kier molecular flexibility index (Phi) is 3.15. The predicted molar refractivity (Wildman–Crippen MR) is 73.1 cm³/mol. The third kappa shape index (κ3) is 2.06. The number of rotatable bonds is 2. The molecule has 2 atom stereocenters. The van der Waals surface area contributed by atoms with Crippen LogP contribution in [0.2, 0.25) is 0 Å². The molecule has 1 aromatic heterocycles. The second-order valence-corrected chi connectivity index (χ2v) is 5.07. The smallest absolute Gasteiger partial charge is 0.0954 e. The molecule has 3 nitrogen and oxygen atoms in total. The van der Waals surface area contributed by atoms with Gasteiger partial charge in [0.1, 0.15) is 0 Å². The molecule has 2 aromatic rings. The Bertz CT molecular complexity index is 503. The van der Waals surface area contributed by atoms with E-state index in [-0.39, 0.29) is 6.04 Å². The standard InChI is InChI=1S/C15H19N3/c16-13-8-4-5-9-14(13)18-11-17-10-15(18)12-6-2-1-3-7-12/h1-3,6-7,10-11,13-14H,4-5,8-9,16H2/t13-,14-/m1/s1. The van der Waals surface area contributed by atoms with Crippen molar-refractivity contribution in [3.8, 4) is 11.3 Å². The number of imidazole rings is 1. The van der Waals surface area contributed by atoms with Crippen LogP contribution in [-0.4, -0.2) is 15.6 Å². The van der Waals surface area contributed by atoms with Crippen molar-refractivity contribution in [1.82, 2.24) is 9.55 Å². The van der Waals surface area contributed by atoms with Crippen LogP contribution >= 0.6 is 0 Å². The van der Waals surface area contributed by atoms with Crippen molar-refractivity contribution in [2.75, 3.05) is 0 Å². The van der Waals surface area contributed by atoms with Gasteiger partial charge < -0.3 is 10.3 Å². The fourth-order valence-corrected chi connectivity index (χ4v) is 2.89. The minimum absolute atomic E-state index is 0.260. The average molecular weight is 241 g/mol. The molecule has 0 aliphatic heterocycles. The van der Waals surface area contributed by atoms with Gasteiger partial charge in [0.25, 0.3) is 0 Å². The summed E-state index contributed by atoms with van der Waals surface area (Å²) in [4.78, 5) is 4.32. The first-order valence-electron chi connectivity index (χ1n) is 6.69. The third-order valence-electron chi connectivity index (χ3n) is 3.87. The van der Waals surface area contributed by atoms with E-state index in [1.54, 1.807) is 0 Å². The summed E-state index contributed by atoms with van der Waals surface area (Å²) < 4.78 is 2.26. The summed E-state index contributed by atoms with van der Waals surface area (Å²) in [6.07, 6.45) is 8.68. The molecule has 0 radical (unpaired) electrons. The van der Waals surface area contributed by atoms with Gasteiger partial charge in [0.2, 0.25) is 0 Å². The summed E-state index contributed by atoms with van der Waals surface area (Å²) in [5.74, 6) is 0. The first-order valence-corrected chi connectivity index (χ1v) is 6.69. The normalized spacial score (nSPS) is 24.1. The predicted octanol–water partition coefficient (Wildman–Crippen LogP) is 2.99. The molecule has 1 aromatic carbocycles. The van der Waals surface area contributed by atoms with Crippen LogP contribution in [0.3, 0.4) is 0 Å². The highest BCUT2D eigenvalue weighted by Crippen LogP contribution is 2.31. The molecule has 0 amide bonds. The number of hydrogen-bond acceptors (Lipinski definition) is 2. The van der Waals surface area contributed by atoms with E-state index in [1.165, 1.54) is 24.1 Å². The maximum atomic E-state index is 6.27. The van der Waals surface area contributed by atoms with Crippen molar-refractivity contribution in [1.29, 1.82) is 0 Å². The molecule has 3 heteroatoms. The lowest BCUT2D eigenvalue weighted by Crippen LogP contribution is -2.34. The molecule has 1 aliphatic carbocycles. The lowest BCUT2D eigenvalue weighted by molar-refractivity contribution is 0.308. The highest BCUT2D eigenvalue weighted by Gasteiger charge is 2.24. The Labute approximate surface area is 108 Å². The van der Waals surface area contributed by atoms with Crippen molar-refractivity contribution in [3.63, 3.8) is 0 Å². The Hall–Kier alpha value is -1.61. The molecular formula is C15H19N3. The Morgan fingerprint density at radius 1 is 1.11 bits per heavy atom. The zero-order chi connectivity index (χ0) is 12.4. The van der Waals surface area contributed by atoms with Crippen molar-refractivity contribution in [3.05, 3.63) is 42.9 Å². The monoisotopic (exact) mass is 241 g/mol. The largest absolute Gasteiger partial charge is 0.326 e. The zero-order valence-electron chi connectivity index (χ0n) is 10.5. The van der Waals surface area contributed by atoms with Gasteiger partial charge >= 0.3 is 0 Å². The van der Waals surface area contributed by atoms with Crippen molar-refractivity contribution in [2.45, 2.75) is 37.8 Å². The van der Waals surface area contributed by atoms with E-state index in [1.807, 2.05) is 18.6 Å². The van der Waals surface area contributed by atoms with Gasteiger partial charge in [0.05, 0.1) is 24.3 Å². The van der Waals surface area contributed by atoms with Gasteiger partial charge in [0, 0.05) is 6.04 Å². The van der Waals surface area contributed by atoms with Gasteiger partial charge in [-0.05, 0) is 18.4 Å². The Morgan fingerprint density at radius 2 is 1.89 bits per heavy atom. The summed E-state index contributed by atoms with van der Waals surface area (Å²) in [5, 5.41) is 0. The number of benzene rings is 1. The first-order chi connectivity index (χ1) is 8.86. The van der Waals surface area contributed by atoms with Crippen LogP contribution in [0.4, 0.5) is 0 Å². The van der Waals surface area contributed by atoms with Gasteiger partial charge in [-0.3, -0.25) is 0 Å². The third-order valence-corrected chi connectivity index (χ3v) is 3.87. The van der Waals surface area contributed by atoms with E-state index in [0.717, 1.165) is 12.8 Å². The van der Waals surface area contributed by atoms with Crippen LogP contribution in [0.5, 0.6) is 0 Å². The molecule has 0 saturated heterocycles. The Morgan fingerprint density at radius 3 is 2.67 bits per heavy atom. The lowest BCUT2D eigenvalue weighted by atomic mass is 9.90. The summed E-state index contributed by atoms with van der Waals surface area (Å²) in [6, 6.07) is 11.1. The molecule has 1 aliphatic rings. The molecule has 1 heterocycles. The maximum Gasteiger partial charge on any atom is 0.0954 e. The molecule has 94 valence electrons. The van der Waals surface area contributed by atoms with Gasteiger partial charge in [0.15, 0.2) is 0 Å². The summed E-state index contributed by atoms with van der Waals surface area (Å²) in [5.41, 5.74) is 8.66. The van der Waals surface area contributed by atoms with E-state index < -0.39 is 0 Å². The van der Waals surface area contributed by atoms with Crippen LogP contribution in [0.1, 0.15) is 31.7 Å². The van der Waals surface area contributed by atoms with Gasteiger partial charge in [-0.2, -0.15) is 0 Å². The Balaban J connectivity index is 1.96. The van der Waals surface area contributed by atoms with E-state index in [9.17, 15) is 0 Å². The highest BCUT2D eigenvalue weighted by atomic mass is 15.1. The van der Waals surface area contributed by atoms with Crippen molar-refractivity contribution < 1.29 is 0 Å². The number of hydrogen-bond donors (Lipinski definition) is 1. The van der Waals surface area contributed by atoms with Crippen molar-refractivity contribution >= 4 is 0 Å². The molecule has 18 heavy (non-hydrogen) atoms. The summed E-state index contributed by atoms with van der Waals surface area (Å²) >= 11 is 0. The van der Waals surface area contributed by atoms with Gasteiger partial charge in [-0.15, -0.1) is 0 Å². The molecule has 2 N–H and O–H groups in total. The highest BCUT2D eigenvalue weighted by molar-refractivity contribution is 5.58. The van der Waals surface area contributed by atoms with Crippen LogP contribution in [0.15, 0.2) is 42.9 Å². The SMILES string of the molecule is N[C@@H]1CCCC[C@H]1n1cncc1-c1ccccc1. The molecule has 1 saturated carbocycles. The van der Waals surface area contributed by atoms with E-state index in [0.29, 0.717) is 6.04 Å². The minimum Gasteiger partial charge on any atom is -0.326 e. The van der Waals surface area contributed by atoms with E-state index >= 15 is 0 Å². The summed E-state index contributed by atoms with van der Waals surface area (Å²) in [7, 11) is 0. The van der Waals surface area contributed by atoms with Crippen LogP contribution in [0, 0.1) is 0 Å². The lowest BCUT2D eigenvalue weighted by Gasteiger charge is -2.30. The van der Waals surface area contributed by atoms with Crippen LogP contribution in [-0.2, 0) is 0 Å². The van der Waals surface area contributed by atoms with Crippen LogP contribution < -0.4 is 5.73 Å². The molecule has 0 unspecified atom stereocenters. The van der Waals surface area contributed by atoms with Crippen molar-refractivity contribution in [2.24, 2.45) is 5.73 Å². The maximum absolute atomic E-state index is 6.27. The fourth-order valence-electron chi connectivity index (χ4n) is 2.89. The number of aromatic nitrogens is 2. The topological polar surface area (TPSA) is 43.8 Å². The zero-order valence-corrected chi connectivity index (χ0v) is 10.5. The number of nitrogens with zero attached hydrogens (tertiary/aromatic N) is 2. The quantitative estimate of drug-likeness (QED) is 0.878. The fraction of sp³-hybridized carbons (Fsp3) is 0.400. The molecular weight excluding hydrogens is 222 g/mol. The second-order valence-electron chi connectivity index (χ2n) is 5.07. The molecule has 1 fully saturated rings. The average Bonchev–Trinajstić information content (AvgIpc) is 2.89. The van der Waals surface area contributed by atoms with Gasteiger partial charge in [-0.1, -0.05) is 43.2 Å². The molecule has 0 spiro atoms. The molecule has 3 rings (SSSR count). The van der Waals surface area contributed by atoms with Gasteiger partial charge in [-0.25, -0.2) is 4.98 Å². The molecule has 0 bridgehead atoms.